The number of halogens is 1. The third kappa shape index (κ3) is 3.91. The summed E-state index contributed by atoms with van der Waals surface area (Å²) < 4.78 is 28.9. The van der Waals surface area contributed by atoms with Gasteiger partial charge in [-0.3, -0.25) is 4.90 Å². The Bertz CT molecular complexity index is 790. The Morgan fingerprint density at radius 3 is 2.26 bits per heavy atom. The molecule has 1 heterocycles. The van der Waals surface area contributed by atoms with Crippen molar-refractivity contribution in [2.75, 3.05) is 45.0 Å². The number of carbonyl (C=O) groups is 1. The molecule has 2 aromatic rings. The second kappa shape index (κ2) is 7.90. The Morgan fingerprint density at radius 1 is 1.07 bits per heavy atom. The topological polar surface area (TPSA) is 72.5 Å². The van der Waals surface area contributed by atoms with E-state index in [9.17, 15) is 9.18 Å². The second-order valence-corrected chi connectivity index (χ2v) is 5.64. The summed E-state index contributed by atoms with van der Waals surface area (Å²) in [6, 6.07) is 9.23. The molecule has 144 valence electrons. The highest BCUT2D eigenvalue weighted by Crippen LogP contribution is 2.41. The van der Waals surface area contributed by atoms with Crippen LogP contribution in [0.3, 0.4) is 0 Å². The number of amides is 1. The van der Waals surface area contributed by atoms with Crippen LogP contribution in [0.2, 0.25) is 0 Å². The minimum atomic E-state index is -0.515. The summed E-state index contributed by atoms with van der Waals surface area (Å²) in [4.78, 5) is 18.9. The molecule has 0 atom stereocenters. The van der Waals surface area contributed by atoms with Crippen molar-refractivity contribution in [1.29, 1.82) is 0 Å². The Kier molecular flexibility index (Phi) is 5.39. The summed E-state index contributed by atoms with van der Waals surface area (Å²) in [6.45, 7) is 0.386. The van der Waals surface area contributed by atoms with Crippen molar-refractivity contribution >= 4 is 17.5 Å². The number of anilines is 2. The molecule has 1 aliphatic heterocycles. The molecule has 0 unspecified atom stereocenters. The minimum absolute atomic E-state index is 0.186. The van der Waals surface area contributed by atoms with Gasteiger partial charge in [0.15, 0.2) is 11.5 Å². The van der Waals surface area contributed by atoms with Gasteiger partial charge in [0, 0.05) is 17.8 Å². The Hall–Kier alpha value is -3.36. The van der Waals surface area contributed by atoms with Crippen LogP contribution < -0.4 is 24.6 Å². The second-order valence-electron chi connectivity index (χ2n) is 5.64. The molecule has 0 radical (unpaired) electrons. The maximum absolute atomic E-state index is 13.0. The molecule has 0 aliphatic carbocycles. The zero-order valence-corrected chi connectivity index (χ0v) is 15.2. The van der Waals surface area contributed by atoms with Gasteiger partial charge in [0.1, 0.15) is 12.5 Å². The highest BCUT2D eigenvalue weighted by atomic mass is 19.1. The van der Waals surface area contributed by atoms with Gasteiger partial charge >= 0.3 is 6.09 Å². The van der Waals surface area contributed by atoms with E-state index in [2.05, 4.69) is 5.32 Å². The Labute approximate surface area is 155 Å². The highest BCUT2D eigenvalue weighted by molar-refractivity contribution is 5.74. The van der Waals surface area contributed by atoms with E-state index in [1.807, 2.05) is 0 Å². The van der Waals surface area contributed by atoms with Gasteiger partial charge in [-0.05, 0) is 24.3 Å². The third-order valence-corrected chi connectivity index (χ3v) is 4.00. The summed E-state index contributed by atoms with van der Waals surface area (Å²) in [6.07, 6.45) is -0.515. The van der Waals surface area contributed by atoms with Crippen LogP contribution in [0.4, 0.5) is 20.6 Å². The largest absolute Gasteiger partial charge is 0.493 e. The van der Waals surface area contributed by atoms with E-state index in [-0.39, 0.29) is 19.2 Å². The average molecular weight is 377 g/mol. The van der Waals surface area contributed by atoms with Crippen molar-refractivity contribution in [1.82, 2.24) is 4.90 Å². The molecule has 1 N–H and O–H groups in total. The summed E-state index contributed by atoms with van der Waals surface area (Å²) in [5.41, 5.74) is 1.26. The molecule has 1 aliphatic rings. The van der Waals surface area contributed by atoms with Crippen molar-refractivity contribution in [3.05, 3.63) is 42.2 Å². The molecule has 0 saturated carbocycles. The number of nitrogens with zero attached hydrogens (tertiary/aromatic N) is 2. The van der Waals surface area contributed by atoms with E-state index < -0.39 is 6.09 Å². The molecular formula is C18H20FN3O5. The predicted octanol–water partition coefficient (Wildman–Crippen LogP) is 3.05. The van der Waals surface area contributed by atoms with Crippen LogP contribution in [0.15, 0.2) is 36.4 Å². The van der Waals surface area contributed by atoms with E-state index in [0.29, 0.717) is 28.6 Å². The van der Waals surface area contributed by atoms with E-state index >= 15 is 0 Å². The van der Waals surface area contributed by atoms with Gasteiger partial charge in [0.2, 0.25) is 5.75 Å². The number of hydrogen-bond acceptors (Lipinski definition) is 7. The molecule has 27 heavy (non-hydrogen) atoms. The number of carbonyl (C=O) groups excluding carboxylic acids is 1. The first kappa shape index (κ1) is 18.4. The van der Waals surface area contributed by atoms with Gasteiger partial charge in [0.25, 0.3) is 0 Å². The summed E-state index contributed by atoms with van der Waals surface area (Å²) in [7, 11) is 4.53. The molecule has 2 aromatic carbocycles. The highest BCUT2D eigenvalue weighted by Gasteiger charge is 2.31. The van der Waals surface area contributed by atoms with Gasteiger partial charge < -0.3 is 24.4 Å². The zero-order chi connectivity index (χ0) is 19.4. The van der Waals surface area contributed by atoms with E-state index in [0.717, 1.165) is 0 Å². The van der Waals surface area contributed by atoms with Crippen molar-refractivity contribution < 1.29 is 28.2 Å². The molecule has 0 spiro atoms. The molecule has 1 saturated heterocycles. The first-order valence-electron chi connectivity index (χ1n) is 8.09. The fourth-order valence-electron chi connectivity index (χ4n) is 2.61. The lowest BCUT2D eigenvalue weighted by Crippen LogP contribution is -2.31. The lowest BCUT2D eigenvalue weighted by molar-refractivity contribution is 0.152. The van der Waals surface area contributed by atoms with Crippen LogP contribution in [-0.4, -0.2) is 45.7 Å². The summed E-state index contributed by atoms with van der Waals surface area (Å²) in [5, 5.41) is 4.46. The van der Waals surface area contributed by atoms with Crippen molar-refractivity contribution in [3.63, 3.8) is 0 Å². The first-order valence-corrected chi connectivity index (χ1v) is 8.09. The number of nitrogens with one attached hydrogen (secondary N) is 1. The molecular weight excluding hydrogens is 357 g/mol. The zero-order valence-electron chi connectivity index (χ0n) is 15.2. The van der Waals surface area contributed by atoms with Gasteiger partial charge in [-0.15, -0.1) is 0 Å². The number of rotatable bonds is 7. The number of hydrogen-bond donors (Lipinski definition) is 1. The van der Waals surface area contributed by atoms with Crippen LogP contribution in [0.5, 0.6) is 17.2 Å². The molecule has 9 heteroatoms. The Balaban J connectivity index is 1.72. The van der Waals surface area contributed by atoms with Crippen LogP contribution in [0.1, 0.15) is 0 Å². The van der Waals surface area contributed by atoms with Crippen LogP contribution in [0.25, 0.3) is 0 Å². The standard InChI is InChI=1S/C18H20FN3O5/c1-24-15-8-14(9-16(25-2)17(15)26-3)22-11-21(18(23)27-22)10-20-13-6-4-12(19)5-7-13/h4-9,20H,10-11H2,1-3H3. The molecule has 0 aromatic heterocycles. The SMILES string of the molecule is COc1cc(N2CN(CNc3ccc(F)cc3)C(=O)O2)cc(OC)c1OC. The van der Waals surface area contributed by atoms with E-state index in [1.54, 1.807) is 24.3 Å². The van der Waals surface area contributed by atoms with Gasteiger partial charge in [-0.2, -0.15) is 5.06 Å². The normalized spacial score (nSPS) is 13.4. The molecule has 8 nitrogen and oxygen atoms in total. The number of benzene rings is 2. The monoisotopic (exact) mass is 377 g/mol. The lowest BCUT2D eigenvalue weighted by Gasteiger charge is -2.19. The molecule has 0 bridgehead atoms. The maximum Gasteiger partial charge on any atom is 0.437 e. The van der Waals surface area contributed by atoms with Crippen LogP contribution in [0, 0.1) is 5.82 Å². The number of methoxy groups -OCH3 is 3. The van der Waals surface area contributed by atoms with Gasteiger partial charge in [0.05, 0.1) is 33.7 Å². The van der Waals surface area contributed by atoms with Crippen LogP contribution >= 0.6 is 0 Å². The van der Waals surface area contributed by atoms with Gasteiger partial charge in [-0.25, -0.2) is 9.18 Å². The molecule has 1 amide bonds. The maximum atomic E-state index is 13.0. The molecule has 3 rings (SSSR count). The number of hydroxylamine groups is 1. The van der Waals surface area contributed by atoms with E-state index in [1.165, 1.54) is 43.4 Å². The van der Waals surface area contributed by atoms with Crippen molar-refractivity contribution in [3.8, 4) is 17.2 Å². The smallest absolute Gasteiger partial charge is 0.437 e. The summed E-state index contributed by atoms with van der Waals surface area (Å²) >= 11 is 0. The quantitative estimate of drug-likeness (QED) is 0.795. The summed E-state index contributed by atoms with van der Waals surface area (Å²) in [5.74, 6) is 1.02. The molecule has 1 fully saturated rings. The number of ether oxygens (including phenoxy) is 3. The third-order valence-electron chi connectivity index (χ3n) is 4.00. The lowest BCUT2D eigenvalue weighted by atomic mass is 10.2. The minimum Gasteiger partial charge on any atom is -0.493 e. The van der Waals surface area contributed by atoms with Crippen molar-refractivity contribution in [2.24, 2.45) is 0 Å². The van der Waals surface area contributed by atoms with Crippen molar-refractivity contribution in [2.45, 2.75) is 0 Å². The van der Waals surface area contributed by atoms with E-state index in [4.69, 9.17) is 19.0 Å². The Morgan fingerprint density at radius 2 is 1.70 bits per heavy atom. The predicted molar refractivity (Wildman–Crippen MR) is 96.7 cm³/mol. The van der Waals surface area contributed by atoms with Gasteiger partial charge in [-0.1, -0.05) is 0 Å². The fraction of sp³-hybridized carbons (Fsp3) is 0.278. The van der Waals surface area contributed by atoms with Crippen LogP contribution in [-0.2, 0) is 4.84 Å². The first-order chi connectivity index (χ1) is 13.0. The average Bonchev–Trinajstić information content (AvgIpc) is 3.07. The fourth-order valence-corrected chi connectivity index (χ4v) is 2.61.